The second-order valence-corrected chi connectivity index (χ2v) is 8.44. The molecule has 0 radical (unpaired) electrons. The molecule has 1 aliphatic rings. The van der Waals surface area contributed by atoms with Gasteiger partial charge >= 0.3 is 0 Å². The molecule has 0 aromatic carbocycles. The van der Waals surface area contributed by atoms with Gasteiger partial charge in [0.1, 0.15) is 11.4 Å². The largest absolute Gasteiger partial charge is 0.487 e. The van der Waals surface area contributed by atoms with Gasteiger partial charge in [-0.3, -0.25) is 0 Å². The average molecular weight is 264 g/mol. The molecule has 0 N–H and O–H groups in total. The van der Waals surface area contributed by atoms with Gasteiger partial charge in [-0.2, -0.15) is 0 Å². The Bertz CT molecular complexity index is 394. The van der Waals surface area contributed by atoms with Crippen LogP contribution in [0.1, 0.15) is 75.2 Å². The van der Waals surface area contributed by atoms with Crippen LogP contribution in [0.25, 0.3) is 0 Å². The third kappa shape index (κ3) is 4.12. The molecule has 110 valence electrons. The maximum absolute atomic E-state index is 6.49. The van der Waals surface area contributed by atoms with Gasteiger partial charge in [0.25, 0.3) is 0 Å². The van der Waals surface area contributed by atoms with Crippen LogP contribution in [0.15, 0.2) is 23.0 Å². The minimum Gasteiger partial charge on any atom is -0.487 e. The Morgan fingerprint density at radius 1 is 1.05 bits per heavy atom. The summed E-state index contributed by atoms with van der Waals surface area (Å²) in [4.78, 5) is 0. The molecule has 1 heterocycles. The van der Waals surface area contributed by atoms with E-state index in [-0.39, 0.29) is 16.4 Å². The number of hydrogen-bond donors (Lipinski definition) is 0. The van der Waals surface area contributed by atoms with E-state index >= 15 is 0 Å². The van der Waals surface area contributed by atoms with Crippen molar-refractivity contribution in [3.05, 3.63) is 23.0 Å². The standard InChI is InChI=1S/C18H32O/c1-13(2)12-18(9)11-10-14(16(3,4)5)15(19-18)17(6,7)8/h12H,10-11H2,1-9H3. The maximum atomic E-state index is 6.49. The zero-order chi connectivity index (χ0) is 15.1. The minimum atomic E-state index is -0.143. The molecule has 1 heteroatoms. The van der Waals surface area contributed by atoms with Crippen LogP contribution < -0.4 is 0 Å². The molecule has 0 aliphatic carbocycles. The molecule has 0 saturated heterocycles. The van der Waals surface area contributed by atoms with Crippen molar-refractivity contribution in [2.45, 2.75) is 80.8 Å². The average Bonchev–Trinajstić information content (AvgIpc) is 2.11. The number of allylic oxidation sites excluding steroid dienone is 3. The van der Waals surface area contributed by atoms with Crippen LogP contribution in [0.5, 0.6) is 0 Å². The summed E-state index contributed by atoms with van der Waals surface area (Å²) in [5.41, 5.74) is 2.93. The zero-order valence-corrected chi connectivity index (χ0v) is 14.4. The molecule has 0 spiro atoms. The summed E-state index contributed by atoms with van der Waals surface area (Å²) in [7, 11) is 0. The molecule has 0 amide bonds. The molecule has 1 rings (SSSR count). The predicted octanol–water partition coefficient (Wildman–Crippen LogP) is 5.87. The Labute approximate surface area is 120 Å². The first-order valence-corrected chi connectivity index (χ1v) is 7.44. The van der Waals surface area contributed by atoms with Gasteiger partial charge in [-0.1, -0.05) is 47.1 Å². The highest BCUT2D eigenvalue weighted by Gasteiger charge is 2.39. The lowest BCUT2D eigenvalue weighted by molar-refractivity contribution is 0.000909. The molecule has 1 aliphatic heterocycles. The van der Waals surface area contributed by atoms with Crippen molar-refractivity contribution in [2.24, 2.45) is 10.8 Å². The Morgan fingerprint density at radius 2 is 1.58 bits per heavy atom. The minimum absolute atomic E-state index is 0.0692. The van der Waals surface area contributed by atoms with E-state index in [1.807, 2.05) is 0 Å². The Morgan fingerprint density at radius 3 is 1.95 bits per heavy atom. The van der Waals surface area contributed by atoms with Gasteiger partial charge in [-0.25, -0.2) is 0 Å². The topological polar surface area (TPSA) is 9.23 Å². The summed E-state index contributed by atoms with van der Waals surface area (Å²) in [5, 5.41) is 0. The van der Waals surface area contributed by atoms with Gasteiger partial charge < -0.3 is 4.74 Å². The van der Waals surface area contributed by atoms with Crippen LogP contribution in [0, 0.1) is 10.8 Å². The van der Waals surface area contributed by atoms with E-state index in [1.54, 1.807) is 0 Å². The van der Waals surface area contributed by atoms with Crippen molar-refractivity contribution < 1.29 is 4.74 Å². The molecule has 0 fully saturated rings. The maximum Gasteiger partial charge on any atom is 0.124 e. The van der Waals surface area contributed by atoms with Gasteiger partial charge in [0.15, 0.2) is 0 Å². The fourth-order valence-corrected chi connectivity index (χ4v) is 2.87. The van der Waals surface area contributed by atoms with E-state index in [0.717, 1.165) is 12.8 Å². The van der Waals surface area contributed by atoms with Crippen molar-refractivity contribution in [1.82, 2.24) is 0 Å². The van der Waals surface area contributed by atoms with Crippen molar-refractivity contribution >= 4 is 0 Å². The number of hydrogen-bond acceptors (Lipinski definition) is 1. The molecule has 1 nitrogen and oxygen atoms in total. The second kappa shape index (κ2) is 5.00. The van der Waals surface area contributed by atoms with Gasteiger partial charge in [0, 0.05) is 5.41 Å². The van der Waals surface area contributed by atoms with Crippen molar-refractivity contribution in [2.75, 3.05) is 0 Å². The molecule has 0 aromatic heterocycles. The molecular weight excluding hydrogens is 232 g/mol. The molecular formula is C18H32O. The van der Waals surface area contributed by atoms with Crippen molar-refractivity contribution in [3.63, 3.8) is 0 Å². The molecule has 19 heavy (non-hydrogen) atoms. The predicted molar refractivity (Wildman–Crippen MR) is 84.1 cm³/mol. The third-order valence-electron chi connectivity index (χ3n) is 3.66. The van der Waals surface area contributed by atoms with Crippen LogP contribution in [-0.2, 0) is 4.74 Å². The highest BCUT2D eigenvalue weighted by atomic mass is 16.5. The van der Waals surface area contributed by atoms with Crippen molar-refractivity contribution in [3.8, 4) is 0 Å². The molecule has 0 saturated carbocycles. The van der Waals surface area contributed by atoms with Gasteiger partial charge in [0.05, 0.1) is 0 Å². The fraction of sp³-hybridized carbons (Fsp3) is 0.778. The van der Waals surface area contributed by atoms with E-state index in [4.69, 9.17) is 4.74 Å². The van der Waals surface area contributed by atoms with Gasteiger partial charge in [0.2, 0.25) is 0 Å². The van der Waals surface area contributed by atoms with Gasteiger partial charge in [-0.15, -0.1) is 0 Å². The SMILES string of the molecule is CC(C)=CC1(C)CCC(C(C)(C)C)=C(C(C)(C)C)O1. The molecule has 0 aromatic rings. The van der Waals surface area contributed by atoms with E-state index in [0.29, 0.717) is 0 Å². The van der Waals surface area contributed by atoms with E-state index in [1.165, 1.54) is 16.9 Å². The summed E-state index contributed by atoms with van der Waals surface area (Å²) >= 11 is 0. The fourth-order valence-electron chi connectivity index (χ4n) is 2.87. The lowest BCUT2D eigenvalue weighted by Gasteiger charge is -2.43. The van der Waals surface area contributed by atoms with E-state index in [9.17, 15) is 0 Å². The molecule has 1 atom stereocenters. The highest BCUT2D eigenvalue weighted by molar-refractivity contribution is 5.26. The van der Waals surface area contributed by atoms with Crippen LogP contribution in [0.4, 0.5) is 0 Å². The Balaban J connectivity index is 3.26. The highest BCUT2D eigenvalue weighted by Crippen LogP contribution is 2.46. The smallest absolute Gasteiger partial charge is 0.124 e. The molecule has 1 unspecified atom stereocenters. The normalized spacial score (nSPS) is 25.1. The number of ether oxygens (including phenoxy) is 1. The Kier molecular flexibility index (Phi) is 4.29. The summed E-state index contributed by atoms with van der Waals surface area (Å²) in [6.45, 7) is 20.1. The zero-order valence-electron chi connectivity index (χ0n) is 14.4. The summed E-state index contributed by atoms with van der Waals surface area (Å²) in [6, 6.07) is 0. The summed E-state index contributed by atoms with van der Waals surface area (Å²) in [6.07, 6.45) is 4.49. The summed E-state index contributed by atoms with van der Waals surface area (Å²) < 4.78 is 6.49. The van der Waals surface area contributed by atoms with Gasteiger partial charge in [-0.05, 0) is 50.7 Å². The Hall–Kier alpha value is -0.720. The van der Waals surface area contributed by atoms with E-state index in [2.05, 4.69) is 68.4 Å². The molecule has 0 bridgehead atoms. The summed E-state index contributed by atoms with van der Waals surface area (Å²) in [5.74, 6) is 1.20. The lowest BCUT2D eigenvalue weighted by Crippen LogP contribution is -2.36. The van der Waals surface area contributed by atoms with Crippen LogP contribution >= 0.6 is 0 Å². The van der Waals surface area contributed by atoms with Crippen molar-refractivity contribution in [1.29, 1.82) is 0 Å². The van der Waals surface area contributed by atoms with E-state index < -0.39 is 0 Å². The first-order valence-electron chi connectivity index (χ1n) is 7.44. The third-order valence-corrected chi connectivity index (χ3v) is 3.66. The lowest BCUT2D eigenvalue weighted by atomic mass is 9.74. The first-order chi connectivity index (χ1) is 8.35. The first kappa shape index (κ1) is 16.3. The second-order valence-electron chi connectivity index (χ2n) is 8.44. The van der Waals surface area contributed by atoms with Crippen LogP contribution in [0.2, 0.25) is 0 Å². The quantitative estimate of drug-likeness (QED) is 0.538. The van der Waals surface area contributed by atoms with Crippen LogP contribution in [-0.4, -0.2) is 5.60 Å². The number of rotatable bonds is 1. The van der Waals surface area contributed by atoms with Crippen LogP contribution in [0.3, 0.4) is 0 Å². The monoisotopic (exact) mass is 264 g/mol.